The van der Waals surface area contributed by atoms with Crippen molar-refractivity contribution in [3.05, 3.63) is 29.5 Å². The molecule has 1 amide bonds. The number of hydrogen-bond acceptors (Lipinski definition) is 8. The summed E-state index contributed by atoms with van der Waals surface area (Å²) in [4.78, 5) is 27.0. The first-order valence-corrected chi connectivity index (χ1v) is 9.76. The molecule has 0 spiro atoms. The largest absolute Gasteiger partial charge is 0.453 e. The molecule has 10 heteroatoms. The first kappa shape index (κ1) is 18.5. The minimum absolute atomic E-state index is 0.0505. The number of anilines is 3. The second-order valence-corrected chi connectivity index (χ2v) is 7.10. The second-order valence-electron chi connectivity index (χ2n) is 7.10. The maximum Gasteiger partial charge on any atom is 0.257 e. The van der Waals surface area contributed by atoms with Gasteiger partial charge in [-0.1, -0.05) is 0 Å². The Labute approximate surface area is 172 Å². The van der Waals surface area contributed by atoms with Gasteiger partial charge in [0.15, 0.2) is 11.5 Å². The van der Waals surface area contributed by atoms with Gasteiger partial charge in [-0.15, -0.1) is 0 Å². The molecule has 0 bridgehead atoms. The number of aromatic amines is 1. The maximum atomic E-state index is 12.9. The topological polar surface area (TPSA) is 114 Å². The van der Waals surface area contributed by atoms with Gasteiger partial charge in [0.2, 0.25) is 12.7 Å². The molecule has 2 aliphatic heterocycles. The van der Waals surface area contributed by atoms with E-state index in [1.807, 2.05) is 20.2 Å². The highest BCUT2D eigenvalue weighted by atomic mass is 16.7. The summed E-state index contributed by atoms with van der Waals surface area (Å²) in [5.74, 6) is 1.94. The molecule has 1 saturated heterocycles. The standard InChI is InChI=1S/C20H22N6O4/c1-11-9-22-18-14(11)17(21-2)24-20(25-18)23-13-4-3-12(15-16(13)30-10-29-15)19(27)26-5-7-28-8-6-26/h3-4,9H,5-8,10H2,1-2H3,(H3,21,22,23,24,25). The Hall–Kier alpha value is -3.53. The Morgan fingerprint density at radius 3 is 2.77 bits per heavy atom. The van der Waals surface area contributed by atoms with Crippen molar-refractivity contribution in [1.29, 1.82) is 0 Å². The van der Waals surface area contributed by atoms with Gasteiger partial charge in [-0.05, 0) is 24.6 Å². The van der Waals surface area contributed by atoms with Crippen LogP contribution in [-0.4, -0.2) is 65.9 Å². The molecule has 0 atom stereocenters. The lowest BCUT2D eigenvalue weighted by molar-refractivity contribution is 0.0300. The van der Waals surface area contributed by atoms with Crippen LogP contribution in [0.15, 0.2) is 18.3 Å². The molecular formula is C20H22N6O4. The van der Waals surface area contributed by atoms with Crippen molar-refractivity contribution in [3.8, 4) is 11.5 Å². The second kappa shape index (κ2) is 7.38. The van der Waals surface area contributed by atoms with Crippen molar-refractivity contribution in [2.45, 2.75) is 6.92 Å². The summed E-state index contributed by atoms with van der Waals surface area (Å²) in [5.41, 5.74) is 2.89. The summed E-state index contributed by atoms with van der Waals surface area (Å²) in [6, 6.07) is 3.53. The maximum absolute atomic E-state index is 12.9. The molecule has 0 saturated carbocycles. The van der Waals surface area contributed by atoms with E-state index in [9.17, 15) is 4.79 Å². The number of H-pyrrole nitrogens is 1. The molecular weight excluding hydrogens is 388 g/mol. The third-order valence-corrected chi connectivity index (χ3v) is 5.26. The molecule has 0 radical (unpaired) electrons. The number of amides is 1. The van der Waals surface area contributed by atoms with Gasteiger partial charge in [-0.25, -0.2) is 0 Å². The van der Waals surface area contributed by atoms with Crippen LogP contribution in [0.25, 0.3) is 11.0 Å². The van der Waals surface area contributed by atoms with E-state index in [-0.39, 0.29) is 12.7 Å². The number of ether oxygens (including phenoxy) is 3. The Balaban J connectivity index is 1.48. The predicted octanol–water partition coefficient (Wildman–Crippen LogP) is 2.25. The first-order valence-electron chi connectivity index (χ1n) is 9.76. The molecule has 4 heterocycles. The molecule has 3 aromatic rings. The number of aromatic nitrogens is 3. The monoisotopic (exact) mass is 410 g/mol. The van der Waals surface area contributed by atoms with Crippen LogP contribution in [0.1, 0.15) is 15.9 Å². The van der Waals surface area contributed by atoms with Gasteiger partial charge in [0, 0.05) is 26.3 Å². The Morgan fingerprint density at radius 1 is 1.17 bits per heavy atom. The van der Waals surface area contributed by atoms with Crippen LogP contribution in [0.4, 0.5) is 17.5 Å². The predicted molar refractivity (Wildman–Crippen MR) is 111 cm³/mol. The average Bonchev–Trinajstić information content (AvgIpc) is 3.41. The lowest BCUT2D eigenvalue weighted by Crippen LogP contribution is -2.40. The Kier molecular flexibility index (Phi) is 4.55. The highest BCUT2D eigenvalue weighted by molar-refractivity contribution is 5.99. The van der Waals surface area contributed by atoms with Gasteiger partial charge in [0.25, 0.3) is 5.91 Å². The average molecular weight is 410 g/mol. The molecule has 30 heavy (non-hydrogen) atoms. The number of nitrogens with zero attached hydrogens (tertiary/aromatic N) is 3. The highest BCUT2D eigenvalue weighted by Crippen LogP contribution is 2.43. The molecule has 2 aromatic heterocycles. The number of benzene rings is 1. The number of hydrogen-bond donors (Lipinski definition) is 3. The van der Waals surface area contributed by atoms with E-state index < -0.39 is 0 Å². The van der Waals surface area contributed by atoms with E-state index in [1.54, 1.807) is 17.0 Å². The number of morpholine rings is 1. The zero-order valence-electron chi connectivity index (χ0n) is 16.7. The molecule has 5 rings (SSSR count). The first-order chi connectivity index (χ1) is 14.7. The zero-order valence-corrected chi connectivity index (χ0v) is 16.7. The van der Waals surface area contributed by atoms with Crippen molar-refractivity contribution in [3.63, 3.8) is 0 Å². The lowest BCUT2D eigenvalue weighted by atomic mass is 10.1. The summed E-state index contributed by atoms with van der Waals surface area (Å²) in [6.07, 6.45) is 1.89. The highest BCUT2D eigenvalue weighted by Gasteiger charge is 2.29. The summed E-state index contributed by atoms with van der Waals surface area (Å²) in [7, 11) is 1.82. The number of nitrogens with one attached hydrogen (secondary N) is 3. The van der Waals surface area contributed by atoms with Crippen molar-refractivity contribution >= 4 is 34.4 Å². The third kappa shape index (κ3) is 3.05. The zero-order chi connectivity index (χ0) is 20.7. The van der Waals surface area contributed by atoms with E-state index in [4.69, 9.17) is 14.2 Å². The fraction of sp³-hybridized carbons (Fsp3) is 0.350. The third-order valence-electron chi connectivity index (χ3n) is 5.26. The van der Waals surface area contributed by atoms with Crippen LogP contribution >= 0.6 is 0 Å². The molecule has 1 aromatic carbocycles. The van der Waals surface area contributed by atoms with Crippen LogP contribution in [0.2, 0.25) is 0 Å². The Bertz CT molecular complexity index is 1120. The molecule has 0 aliphatic carbocycles. The van der Waals surface area contributed by atoms with Gasteiger partial charge in [-0.2, -0.15) is 9.97 Å². The molecule has 156 valence electrons. The number of carbonyl (C=O) groups excluding carboxylic acids is 1. The number of fused-ring (bicyclic) bond motifs is 2. The molecule has 1 fully saturated rings. The minimum atomic E-state index is -0.0939. The van der Waals surface area contributed by atoms with Crippen LogP contribution < -0.4 is 20.1 Å². The SMILES string of the molecule is CNc1nc(Nc2ccc(C(=O)N3CCOCC3)c3c2OCO3)nc2[nH]cc(C)c12. The van der Waals surface area contributed by atoms with Crippen molar-refractivity contribution < 1.29 is 19.0 Å². The minimum Gasteiger partial charge on any atom is -0.453 e. The number of rotatable bonds is 4. The summed E-state index contributed by atoms with van der Waals surface area (Å²) < 4.78 is 16.6. The normalized spacial score (nSPS) is 15.5. The smallest absolute Gasteiger partial charge is 0.257 e. The van der Waals surface area contributed by atoms with E-state index in [0.29, 0.717) is 60.8 Å². The van der Waals surface area contributed by atoms with Crippen molar-refractivity contribution in [2.24, 2.45) is 0 Å². The van der Waals surface area contributed by atoms with Crippen LogP contribution in [-0.2, 0) is 4.74 Å². The van der Waals surface area contributed by atoms with E-state index >= 15 is 0 Å². The van der Waals surface area contributed by atoms with Crippen LogP contribution in [0.3, 0.4) is 0 Å². The van der Waals surface area contributed by atoms with Crippen molar-refractivity contribution in [2.75, 3.05) is 50.8 Å². The van der Waals surface area contributed by atoms with Crippen LogP contribution in [0.5, 0.6) is 11.5 Å². The van der Waals surface area contributed by atoms with E-state index in [1.165, 1.54) is 0 Å². The van der Waals surface area contributed by atoms with E-state index in [0.717, 1.165) is 16.6 Å². The summed E-state index contributed by atoms with van der Waals surface area (Å²) in [5, 5.41) is 7.25. The quantitative estimate of drug-likeness (QED) is 0.600. The fourth-order valence-electron chi connectivity index (χ4n) is 3.74. The molecule has 0 unspecified atom stereocenters. The lowest BCUT2D eigenvalue weighted by Gasteiger charge is -2.27. The molecule has 10 nitrogen and oxygen atoms in total. The van der Waals surface area contributed by atoms with E-state index in [2.05, 4.69) is 25.6 Å². The number of aryl methyl sites for hydroxylation is 1. The fourth-order valence-corrected chi connectivity index (χ4v) is 3.74. The Morgan fingerprint density at radius 2 is 1.97 bits per heavy atom. The van der Waals surface area contributed by atoms with Crippen molar-refractivity contribution in [1.82, 2.24) is 19.9 Å². The summed E-state index contributed by atoms with van der Waals surface area (Å²) >= 11 is 0. The molecule has 3 N–H and O–H groups in total. The van der Waals surface area contributed by atoms with Gasteiger partial charge in [0.05, 0.1) is 29.9 Å². The van der Waals surface area contributed by atoms with Gasteiger partial charge >= 0.3 is 0 Å². The molecule has 2 aliphatic rings. The summed E-state index contributed by atoms with van der Waals surface area (Å²) in [6.45, 7) is 4.25. The van der Waals surface area contributed by atoms with Crippen LogP contribution in [0, 0.1) is 6.92 Å². The van der Waals surface area contributed by atoms with Gasteiger partial charge in [-0.3, -0.25) is 4.79 Å². The van der Waals surface area contributed by atoms with Gasteiger partial charge in [0.1, 0.15) is 11.5 Å². The number of carbonyl (C=O) groups is 1. The van der Waals surface area contributed by atoms with Gasteiger partial charge < -0.3 is 34.7 Å².